The highest BCUT2D eigenvalue weighted by atomic mass is 16.2. The highest BCUT2D eigenvalue weighted by Gasteiger charge is 2.18. The summed E-state index contributed by atoms with van der Waals surface area (Å²) in [5.41, 5.74) is 6.51. The molecule has 0 saturated heterocycles. The number of nitrogens with two attached hydrogens (primary N) is 1. The summed E-state index contributed by atoms with van der Waals surface area (Å²) in [5, 5.41) is 4.64. The largest absolute Gasteiger partial charge is 0.399 e. The molecule has 3 N–H and O–H groups in total. The SMILES string of the molecule is CC(C)(C)NC(=O)c1nccc2ccc(N)cc12. The third kappa shape index (κ3) is 2.59. The fraction of sp³-hybridized carbons (Fsp3) is 0.286. The number of nitrogens with zero attached hydrogens (tertiary/aromatic N) is 1. The molecule has 0 atom stereocenters. The zero-order valence-corrected chi connectivity index (χ0v) is 10.8. The fourth-order valence-electron chi connectivity index (χ4n) is 1.77. The molecule has 2 rings (SSSR count). The molecular weight excluding hydrogens is 226 g/mol. The predicted molar refractivity (Wildman–Crippen MR) is 73.4 cm³/mol. The molecular formula is C14H17N3O. The number of anilines is 1. The van der Waals surface area contributed by atoms with Crippen LogP contribution >= 0.6 is 0 Å². The van der Waals surface area contributed by atoms with Crippen molar-refractivity contribution in [2.75, 3.05) is 5.73 Å². The van der Waals surface area contributed by atoms with Crippen molar-refractivity contribution in [1.29, 1.82) is 0 Å². The summed E-state index contributed by atoms with van der Waals surface area (Å²) in [5.74, 6) is -0.182. The molecule has 94 valence electrons. The van der Waals surface area contributed by atoms with Crippen molar-refractivity contribution in [2.24, 2.45) is 0 Å². The molecule has 0 fully saturated rings. The number of aromatic nitrogens is 1. The summed E-state index contributed by atoms with van der Waals surface area (Å²) in [7, 11) is 0. The molecule has 4 heteroatoms. The van der Waals surface area contributed by atoms with Crippen molar-refractivity contribution in [3.8, 4) is 0 Å². The number of nitrogen functional groups attached to an aromatic ring is 1. The Morgan fingerprint density at radius 2 is 2.00 bits per heavy atom. The van der Waals surface area contributed by atoms with E-state index >= 15 is 0 Å². The Kier molecular flexibility index (Phi) is 2.95. The highest BCUT2D eigenvalue weighted by molar-refractivity contribution is 6.06. The molecule has 1 aromatic carbocycles. The second-order valence-corrected chi connectivity index (χ2v) is 5.34. The third-order valence-corrected chi connectivity index (χ3v) is 2.49. The molecule has 1 aromatic heterocycles. The number of benzene rings is 1. The van der Waals surface area contributed by atoms with E-state index in [-0.39, 0.29) is 11.4 Å². The van der Waals surface area contributed by atoms with E-state index in [2.05, 4.69) is 10.3 Å². The lowest BCUT2D eigenvalue weighted by Crippen LogP contribution is -2.41. The van der Waals surface area contributed by atoms with Crippen LogP contribution in [-0.4, -0.2) is 16.4 Å². The van der Waals surface area contributed by atoms with Crippen molar-refractivity contribution in [2.45, 2.75) is 26.3 Å². The van der Waals surface area contributed by atoms with Gasteiger partial charge in [-0.1, -0.05) is 6.07 Å². The van der Waals surface area contributed by atoms with E-state index in [0.717, 1.165) is 10.8 Å². The second kappa shape index (κ2) is 4.29. The maximum absolute atomic E-state index is 12.2. The van der Waals surface area contributed by atoms with Crippen LogP contribution in [-0.2, 0) is 0 Å². The molecule has 0 bridgehead atoms. The van der Waals surface area contributed by atoms with Gasteiger partial charge in [-0.05, 0) is 44.4 Å². The van der Waals surface area contributed by atoms with Gasteiger partial charge in [-0.3, -0.25) is 9.78 Å². The Bertz CT molecular complexity index is 600. The molecule has 0 aliphatic rings. The standard InChI is InChI=1S/C14H17N3O/c1-14(2,3)17-13(18)12-11-8-10(15)5-4-9(11)6-7-16-12/h4-8H,15H2,1-3H3,(H,17,18). The van der Waals surface area contributed by atoms with Gasteiger partial charge in [-0.25, -0.2) is 0 Å². The molecule has 2 aromatic rings. The molecule has 1 amide bonds. The molecule has 0 aliphatic heterocycles. The van der Waals surface area contributed by atoms with E-state index in [0.29, 0.717) is 11.4 Å². The van der Waals surface area contributed by atoms with E-state index in [4.69, 9.17) is 5.73 Å². The normalized spacial score (nSPS) is 11.5. The van der Waals surface area contributed by atoms with Gasteiger partial charge < -0.3 is 11.1 Å². The monoisotopic (exact) mass is 243 g/mol. The van der Waals surface area contributed by atoms with Crippen molar-refractivity contribution < 1.29 is 4.79 Å². The summed E-state index contributed by atoms with van der Waals surface area (Å²) in [6.07, 6.45) is 1.64. The van der Waals surface area contributed by atoms with Crippen LogP contribution in [0.3, 0.4) is 0 Å². The number of amides is 1. The Balaban J connectivity index is 2.51. The van der Waals surface area contributed by atoms with Gasteiger partial charge in [0.25, 0.3) is 5.91 Å². The minimum absolute atomic E-state index is 0.182. The maximum Gasteiger partial charge on any atom is 0.270 e. The van der Waals surface area contributed by atoms with Gasteiger partial charge >= 0.3 is 0 Å². The van der Waals surface area contributed by atoms with Crippen molar-refractivity contribution in [1.82, 2.24) is 10.3 Å². The zero-order chi connectivity index (χ0) is 13.3. The minimum Gasteiger partial charge on any atom is -0.399 e. The smallest absolute Gasteiger partial charge is 0.270 e. The first-order chi connectivity index (χ1) is 8.37. The minimum atomic E-state index is -0.290. The lowest BCUT2D eigenvalue weighted by Gasteiger charge is -2.20. The number of fused-ring (bicyclic) bond motifs is 1. The Hall–Kier alpha value is -2.10. The average molecular weight is 243 g/mol. The van der Waals surface area contributed by atoms with Gasteiger partial charge in [0.1, 0.15) is 5.69 Å². The highest BCUT2D eigenvalue weighted by Crippen LogP contribution is 2.20. The van der Waals surface area contributed by atoms with Crippen LogP contribution in [0.15, 0.2) is 30.5 Å². The van der Waals surface area contributed by atoms with Gasteiger partial charge in [0, 0.05) is 22.8 Å². The van der Waals surface area contributed by atoms with E-state index in [1.807, 2.05) is 39.0 Å². The molecule has 0 radical (unpaired) electrons. The Morgan fingerprint density at radius 3 is 2.67 bits per heavy atom. The molecule has 0 spiro atoms. The number of nitrogens with one attached hydrogen (secondary N) is 1. The van der Waals surface area contributed by atoms with Gasteiger partial charge in [0.05, 0.1) is 0 Å². The lowest BCUT2D eigenvalue weighted by atomic mass is 10.1. The molecule has 0 aliphatic carbocycles. The van der Waals surface area contributed by atoms with Crippen LogP contribution < -0.4 is 11.1 Å². The maximum atomic E-state index is 12.2. The number of pyridine rings is 1. The summed E-state index contributed by atoms with van der Waals surface area (Å²) in [6.45, 7) is 5.80. The molecule has 18 heavy (non-hydrogen) atoms. The van der Waals surface area contributed by atoms with Crippen LogP contribution in [0.1, 0.15) is 31.3 Å². The first-order valence-electron chi connectivity index (χ1n) is 5.83. The number of hydrogen-bond acceptors (Lipinski definition) is 3. The quantitative estimate of drug-likeness (QED) is 0.755. The van der Waals surface area contributed by atoms with Crippen LogP contribution in [0, 0.1) is 0 Å². The third-order valence-electron chi connectivity index (χ3n) is 2.49. The van der Waals surface area contributed by atoms with Crippen molar-refractivity contribution in [3.63, 3.8) is 0 Å². The first kappa shape index (κ1) is 12.4. The van der Waals surface area contributed by atoms with Gasteiger partial charge in [-0.15, -0.1) is 0 Å². The number of rotatable bonds is 1. The van der Waals surface area contributed by atoms with Gasteiger partial charge in [-0.2, -0.15) is 0 Å². The summed E-state index contributed by atoms with van der Waals surface area (Å²) in [6, 6.07) is 7.34. The molecule has 0 unspecified atom stereocenters. The van der Waals surface area contributed by atoms with E-state index in [1.54, 1.807) is 12.3 Å². The second-order valence-electron chi connectivity index (χ2n) is 5.34. The van der Waals surface area contributed by atoms with Gasteiger partial charge in [0.15, 0.2) is 0 Å². The van der Waals surface area contributed by atoms with E-state index in [1.165, 1.54) is 0 Å². The topological polar surface area (TPSA) is 68.0 Å². The lowest BCUT2D eigenvalue weighted by molar-refractivity contribution is 0.0916. The summed E-state index contributed by atoms with van der Waals surface area (Å²) in [4.78, 5) is 16.3. The molecule has 0 saturated carbocycles. The van der Waals surface area contributed by atoms with Gasteiger partial charge in [0.2, 0.25) is 0 Å². The molecule has 4 nitrogen and oxygen atoms in total. The Morgan fingerprint density at radius 1 is 1.28 bits per heavy atom. The van der Waals surface area contributed by atoms with Crippen LogP contribution in [0.25, 0.3) is 10.8 Å². The zero-order valence-electron chi connectivity index (χ0n) is 10.8. The molecule has 1 heterocycles. The van der Waals surface area contributed by atoms with E-state index in [9.17, 15) is 4.79 Å². The first-order valence-corrected chi connectivity index (χ1v) is 5.83. The van der Waals surface area contributed by atoms with E-state index < -0.39 is 0 Å². The summed E-state index contributed by atoms with van der Waals surface area (Å²) >= 11 is 0. The number of carbonyl (C=O) groups excluding carboxylic acids is 1. The van der Waals surface area contributed by atoms with Crippen LogP contribution in [0.2, 0.25) is 0 Å². The van der Waals surface area contributed by atoms with Crippen LogP contribution in [0.4, 0.5) is 5.69 Å². The Labute approximate surface area is 106 Å². The number of hydrogen-bond donors (Lipinski definition) is 2. The summed E-state index contributed by atoms with van der Waals surface area (Å²) < 4.78 is 0. The van der Waals surface area contributed by atoms with Crippen LogP contribution in [0.5, 0.6) is 0 Å². The fourth-order valence-corrected chi connectivity index (χ4v) is 1.77. The van der Waals surface area contributed by atoms with Crippen molar-refractivity contribution in [3.05, 3.63) is 36.2 Å². The van der Waals surface area contributed by atoms with Crippen molar-refractivity contribution >= 4 is 22.4 Å². The predicted octanol–water partition coefficient (Wildman–Crippen LogP) is 2.35. The average Bonchev–Trinajstić information content (AvgIpc) is 2.25. The number of carbonyl (C=O) groups is 1.